The van der Waals surface area contributed by atoms with E-state index in [0.717, 1.165) is 22.2 Å². The Morgan fingerprint density at radius 2 is 2.03 bits per heavy atom. The number of hydrogen-bond donors (Lipinski definition) is 5. The SMILES string of the molecule is CN=C(N)Nc1nc(Cc2ccc(O)c(OC)c2)nc2cc(NCCCO)ccc12. The lowest BCUT2D eigenvalue weighted by molar-refractivity contribution is 0.292. The maximum atomic E-state index is 9.82. The van der Waals surface area contributed by atoms with Crippen molar-refractivity contribution in [2.75, 3.05) is 37.9 Å². The molecule has 6 N–H and O–H groups in total. The highest BCUT2D eigenvalue weighted by atomic mass is 16.5. The molecule has 0 amide bonds. The molecule has 0 radical (unpaired) electrons. The number of guanidine groups is 1. The van der Waals surface area contributed by atoms with Crippen LogP contribution in [0.3, 0.4) is 0 Å². The number of benzene rings is 2. The third-order valence-electron chi connectivity index (χ3n) is 4.50. The molecular weight excluding hydrogens is 384 g/mol. The van der Waals surface area contributed by atoms with Crippen molar-refractivity contribution >= 4 is 28.4 Å². The van der Waals surface area contributed by atoms with Crippen LogP contribution in [0.25, 0.3) is 10.9 Å². The summed E-state index contributed by atoms with van der Waals surface area (Å²) in [5.74, 6) is 1.86. The van der Waals surface area contributed by atoms with Crippen LogP contribution in [0.5, 0.6) is 11.5 Å². The summed E-state index contributed by atoms with van der Waals surface area (Å²) >= 11 is 0. The number of aliphatic hydroxyl groups is 1. The second kappa shape index (κ2) is 9.75. The average Bonchev–Trinajstić information content (AvgIpc) is 2.75. The fourth-order valence-electron chi connectivity index (χ4n) is 2.97. The topological polar surface area (TPSA) is 138 Å². The predicted octanol–water partition coefficient (Wildman–Crippen LogP) is 2.09. The number of nitrogens with zero attached hydrogens (tertiary/aromatic N) is 3. The Bertz CT molecular complexity index is 1050. The molecule has 1 heterocycles. The van der Waals surface area contributed by atoms with Gasteiger partial charge in [0.05, 0.1) is 12.6 Å². The molecule has 1 aromatic heterocycles. The number of fused-ring (bicyclic) bond motifs is 1. The Hall–Kier alpha value is -3.59. The van der Waals surface area contributed by atoms with Crippen LogP contribution in [-0.4, -0.2) is 53.4 Å². The highest BCUT2D eigenvalue weighted by Gasteiger charge is 2.12. The van der Waals surface area contributed by atoms with E-state index >= 15 is 0 Å². The Labute approximate surface area is 174 Å². The number of ether oxygens (including phenoxy) is 1. The molecule has 30 heavy (non-hydrogen) atoms. The van der Waals surface area contributed by atoms with Gasteiger partial charge in [-0.1, -0.05) is 6.07 Å². The van der Waals surface area contributed by atoms with Crippen molar-refractivity contribution in [3.63, 3.8) is 0 Å². The van der Waals surface area contributed by atoms with Crippen molar-refractivity contribution in [3.05, 3.63) is 47.8 Å². The molecule has 0 atom stereocenters. The second-order valence-corrected chi connectivity index (χ2v) is 6.64. The van der Waals surface area contributed by atoms with Gasteiger partial charge in [-0.2, -0.15) is 0 Å². The lowest BCUT2D eigenvalue weighted by Crippen LogP contribution is -2.23. The predicted molar refractivity (Wildman–Crippen MR) is 118 cm³/mol. The third kappa shape index (κ3) is 5.06. The molecule has 0 aliphatic rings. The van der Waals surface area contributed by atoms with Gasteiger partial charge in [0, 0.05) is 37.7 Å². The van der Waals surface area contributed by atoms with Crippen LogP contribution in [0, 0.1) is 0 Å². The quantitative estimate of drug-likeness (QED) is 0.216. The molecule has 0 saturated carbocycles. The number of aromatic hydroxyl groups is 1. The standard InChI is InChI=1S/C21H26N6O3/c1-23-21(22)27-20-15-6-5-14(24-8-3-9-28)12-16(15)25-19(26-20)11-13-4-7-17(29)18(10-13)30-2/h4-7,10,12,24,28-29H,3,8-9,11H2,1-2H3,(H3,22,23,25,26,27). The summed E-state index contributed by atoms with van der Waals surface area (Å²) in [6, 6.07) is 10.9. The number of nitrogens with two attached hydrogens (primary N) is 1. The summed E-state index contributed by atoms with van der Waals surface area (Å²) in [5, 5.41) is 25.9. The molecule has 0 fully saturated rings. The zero-order chi connectivity index (χ0) is 21.5. The van der Waals surface area contributed by atoms with Crippen LogP contribution in [0.1, 0.15) is 17.8 Å². The molecule has 3 aromatic rings. The zero-order valence-corrected chi connectivity index (χ0v) is 17.0. The van der Waals surface area contributed by atoms with E-state index in [-0.39, 0.29) is 18.3 Å². The van der Waals surface area contributed by atoms with Crippen LogP contribution in [0.2, 0.25) is 0 Å². The number of phenols is 1. The van der Waals surface area contributed by atoms with E-state index in [1.165, 1.54) is 7.11 Å². The highest BCUT2D eigenvalue weighted by molar-refractivity contribution is 6.00. The maximum absolute atomic E-state index is 9.82. The third-order valence-corrected chi connectivity index (χ3v) is 4.50. The van der Waals surface area contributed by atoms with Gasteiger partial charge in [0.15, 0.2) is 17.5 Å². The molecule has 0 spiro atoms. The Kier molecular flexibility index (Phi) is 6.87. The van der Waals surface area contributed by atoms with E-state index in [9.17, 15) is 5.11 Å². The van der Waals surface area contributed by atoms with Gasteiger partial charge < -0.3 is 31.3 Å². The summed E-state index contributed by atoms with van der Waals surface area (Å²) in [6.45, 7) is 0.792. The van der Waals surface area contributed by atoms with Gasteiger partial charge in [-0.15, -0.1) is 0 Å². The Morgan fingerprint density at radius 1 is 1.20 bits per heavy atom. The number of phenolic OH excluding ortho intramolecular Hbond substituents is 1. The molecule has 0 aliphatic heterocycles. The monoisotopic (exact) mass is 410 g/mol. The number of anilines is 2. The van der Waals surface area contributed by atoms with Crippen LogP contribution in [0.4, 0.5) is 11.5 Å². The van der Waals surface area contributed by atoms with Gasteiger partial charge >= 0.3 is 0 Å². The number of hydrogen-bond acceptors (Lipinski definition) is 7. The first-order valence-electron chi connectivity index (χ1n) is 9.54. The molecular formula is C21H26N6O3. The molecule has 9 nitrogen and oxygen atoms in total. The van der Waals surface area contributed by atoms with Gasteiger partial charge in [-0.3, -0.25) is 4.99 Å². The molecule has 2 aromatic carbocycles. The maximum Gasteiger partial charge on any atom is 0.194 e. The van der Waals surface area contributed by atoms with Crippen molar-refractivity contribution in [2.45, 2.75) is 12.8 Å². The van der Waals surface area contributed by atoms with Crippen molar-refractivity contribution in [1.29, 1.82) is 0 Å². The number of aromatic nitrogens is 2. The number of nitrogens with one attached hydrogen (secondary N) is 2. The zero-order valence-electron chi connectivity index (χ0n) is 17.0. The summed E-state index contributed by atoms with van der Waals surface area (Å²) in [5.41, 5.74) is 8.40. The number of aliphatic hydroxyl groups excluding tert-OH is 1. The molecule has 158 valence electrons. The Balaban J connectivity index is 1.99. The minimum Gasteiger partial charge on any atom is -0.504 e. The number of methoxy groups -OCH3 is 1. The summed E-state index contributed by atoms with van der Waals surface area (Å²) in [6.07, 6.45) is 1.10. The fraction of sp³-hybridized carbons (Fsp3) is 0.286. The van der Waals surface area contributed by atoms with E-state index in [2.05, 4.69) is 20.6 Å². The van der Waals surface area contributed by atoms with Crippen molar-refractivity contribution in [2.24, 2.45) is 10.7 Å². The van der Waals surface area contributed by atoms with Crippen molar-refractivity contribution in [1.82, 2.24) is 9.97 Å². The molecule has 9 heteroatoms. The van der Waals surface area contributed by atoms with Gasteiger partial charge in [0.1, 0.15) is 11.6 Å². The van der Waals surface area contributed by atoms with E-state index in [0.29, 0.717) is 36.8 Å². The molecule has 0 unspecified atom stereocenters. The first-order chi connectivity index (χ1) is 14.5. The fourth-order valence-corrected chi connectivity index (χ4v) is 2.97. The molecule has 0 bridgehead atoms. The van der Waals surface area contributed by atoms with Gasteiger partial charge in [-0.05, 0) is 42.3 Å². The van der Waals surface area contributed by atoms with E-state index in [4.69, 9.17) is 20.6 Å². The normalized spacial score (nSPS) is 11.5. The Morgan fingerprint density at radius 3 is 2.77 bits per heavy atom. The van der Waals surface area contributed by atoms with Crippen LogP contribution < -0.4 is 21.1 Å². The van der Waals surface area contributed by atoms with Crippen molar-refractivity contribution in [3.8, 4) is 11.5 Å². The number of aliphatic imine (C=N–C) groups is 1. The molecule has 0 aliphatic carbocycles. The minimum atomic E-state index is 0.0774. The first-order valence-corrected chi connectivity index (χ1v) is 9.54. The highest BCUT2D eigenvalue weighted by Crippen LogP contribution is 2.28. The summed E-state index contributed by atoms with van der Waals surface area (Å²) in [7, 11) is 3.10. The van der Waals surface area contributed by atoms with Crippen LogP contribution in [0.15, 0.2) is 41.4 Å². The van der Waals surface area contributed by atoms with E-state index in [1.54, 1.807) is 25.2 Å². The van der Waals surface area contributed by atoms with Crippen LogP contribution in [-0.2, 0) is 6.42 Å². The molecule has 3 rings (SSSR count). The van der Waals surface area contributed by atoms with Gasteiger partial charge in [0.25, 0.3) is 0 Å². The minimum absolute atomic E-state index is 0.0774. The van der Waals surface area contributed by atoms with Gasteiger partial charge in [0.2, 0.25) is 0 Å². The average molecular weight is 410 g/mol. The summed E-state index contributed by atoms with van der Waals surface area (Å²) in [4.78, 5) is 13.3. The second-order valence-electron chi connectivity index (χ2n) is 6.64. The first kappa shape index (κ1) is 21.1. The number of rotatable bonds is 8. The summed E-state index contributed by atoms with van der Waals surface area (Å²) < 4.78 is 5.19. The van der Waals surface area contributed by atoms with E-state index in [1.807, 2.05) is 18.2 Å². The van der Waals surface area contributed by atoms with Crippen molar-refractivity contribution < 1.29 is 14.9 Å². The largest absolute Gasteiger partial charge is 0.504 e. The van der Waals surface area contributed by atoms with Crippen LogP contribution >= 0.6 is 0 Å². The molecule has 0 saturated heterocycles. The van der Waals surface area contributed by atoms with Gasteiger partial charge in [-0.25, -0.2) is 9.97 Å². The lowest BCUT2D eigenvalue weighted by Gasteiger charge is -2.13. The smallest absolute Gasteiger partial charge is 0.194 e. The lowest BCUT2D eigenvalue weighted by atomic mass is 10.1. The van der Waals surface area contributed by atoms with E-state index < -0.39 is 0 Å².